The summed E-state index contributed by atoms with van der Waals surface area (Å²) in [6.45, 7) is 6.01. The topological polar surface area (TPSA) is 90.6 Å². The predicted octanol–water partition coefficient (Wildman–Crippen LogP) is 2.64. The maximum absolute atomic E-state index is 6.07. The third-order valence-corrected chi connectivity index (χ3v) is 5.08. The molecule has 0 atom stereocenters. The molecule has 0 aliphatic carbocycles. The molecule has 32 heavy (non-hydrogen) atoms. The van der Waals surface area contributed by atoms with Crippen LogP contribution in [-0.4, -0.2) is 64.5 Å². The molecule has 0 spiro atoms. The lowest BCUT2D eigenvalue weighted by molar-refractivity contribution is 0.0322. The number of methoxy groups -OCH3 is 2. The molecule has 1 heterocycles. The molecular formula is C23H33IN4O4. The molecule has 1 aliphatic heterocycles. The summed E-state index contributed by atoms with van der Waals surface area (Å²) in [6.07, 6.45) is 0. The summed E-state index contributed by atoms with van der Waals surface area (Å²) in [5.74, 6) is 2.59. The van der Waals surface area contributed by atoms with E-state index < -0.39 is 0 Å². The molecule has 0 amide bonds. The molecule has 0 aromatic heterocycles. The highest BCUT2D eigenvalue weighted by Crippen LogP contribution is 2.27. The largest absolute Gasteiger partial charge is 0.493 e. The number of nitrogens with one attached hydrogen (secondary N) is 1. The number of aliphatic imine (C=N–C) groups is 1. The van der Waals surface area contributed by atoms with Gasteiger partial charge in [-0.3, -0.25) is 4.90 Å². The fourth-order valence-electron chi connectivity index (χ4n) is 3.30. The number of ether oxygens (including phenoxy) is 4. The second-order valence-electron chi connectivity index (χ2n) is 7.15. The van der Waals surface area contributed by atoms with Crippen LogP contribution in [0, 0.1) is 0 Å². The Bertz CT molecular complexity index is 860. The highest BCUT2D eigenvalue weighted by Gasteiger charge is 2.11. The number of guanidine groups is 1. The van der Waals surface area contributed by atoms with Crippen LogP contribution in [0.4, 0.5) is 0 Å². The smallest absolute Gasteiger partial charge is 0.189 e. The lowest BCUT2D eigenvalue weighted by Gasteiger charge is -2.26. The van der Waals surface area contributed by atoms with E-state index in [1.165, 1.54) is 0 Å². The zero-order chi connectivity index (χ0) is 21.9. The number of nitrogens with zero attached hydrogens (tertiary/aromatic N) is 2. The molecule has 0 unspecified atom stereocenters. The lowest BCUT2D eigenvalue weighted by atomic mass is 10.2. The van der Waals surface area contributed by atoms with Crippen molar-refractivity contribution in [3.05, 3.63) is 53.6 Å². The maximum Gasteiger partial charge on any atom is 0.189 e. The van der Waals surface area contributed by atoms with E-state index >= 15 is 0 Å². The van der Waals surface area contributed by atoms with E-state index in [1.807, 2.05) is 42.5 Å². The molecule has 176 valence electrons. The highest BCUT2D eigenvalue weighted by atomic mass is 127. The standard InChI is InChI=1S/C23H32N4O4.HI/c1-28-21-8-7-18(15-22(21)29-2)16-25-23(24)26-17-19-5-3-4-6-20(19)31-14-11-27-9-12-30-13-10-27;/h3-8,15H,9-14,16-17H2,1-2H3,(H3,24,25,26);1H. The van der Waals surface area contributed by atoms with Crippen LogP contribution < -0.4 is 25.3 Å². The quantitative estimate of drug-likeness (QED) is 0.264. The number of hydrogen-bond acceptors (Lipinski definition) is 6. The van der Waals surface area contributed by atoms with Crippen molar-refractivity contribution < 1.29 is 18.9 Å². The molecule has 1 aliphatic rings. The van der Waals surface area contributed by atoms with E-state index in [1.54, 1.807) is 14.2 Å². The molecule has 2 aromatic carbocycles. The van der Waals surface area contributed by atoms with E-state index in [9.17, 15) is 0 Å². The first-order valence-electron chi connectivity index (χ1n) is 10.4. The van der Waals surface area contributed by atoms with Gasteiger partial charge in [0, 0.05) is 31.7 Å². The molecule has 3 rings (SSSR count). The van der Waals surface area contributed by atoms with Crippen LogP contribution in [0.5, 0.6) is 17.2 Å². The van der Waals surface area contributed by atoms with Crippen LogP contribution in [0.1, 0.15) is 11.1 Å². The number of nitrogens with two attached hydrogens (primary N) is 1. The third-order valence-electron chi connectivity index (χ3n) is 5.08. The normalized spacial score (nSPS) is 14.4. The monoisotopic (exact) mass is 556 g/mol. The highest BCUT2D eigenvalue weighted by molar-refractivity contribution is 14.0. The summed E-state index contributed by atoms with van der Waals surface area (Å²) in [5, 5.41) is 3.17. The Kier molecular flexibility index (Phi) is 11.4. The van der Waals surface area contributed by atoms with Crippen LogP contribution in [0.25, 0.3) is 0 Å². The number of rotatable bonds is 10. The maximum atomic E-state index is 6.07. The molecule has 9 heteroatoms. The first kappa shape index (κ1) is 26.0. The summed E-state index contributed by atoms with van der Waals surface area (Å²) in [7, 11) is 3.23. The zero-order valence-corrected chi connectivity index (χ0v) is 21.0. The van der Waals surface area contributed by atoms with Crippen LogP contribution in [0.3, 0.4) is 0 Å². The minimum atomic E-state index is 0. The Morgan fingerprint density at radius 3 is 2.56 bits per heavy atom. The van der Waals surface area contributed by atoms with Gasteiger partial charge in [0.2, 0.25) is 0 Å². The van der Waals surface area contributed by atoms with Gasteiger partial charge < -0.3 is 30.0 Å². The van der Waals surface area contributed by atoms with Crippen molar-refractivity contribution in [3.8, 4) is 17.2 Å². The molecular weight excluding hydrogens is 523 g/mol. The summed E-state index contributed by atoms with van der Waals surface area (Å²) < 4.78 is 22.0. The van der Waals surface area contributed by atoms with Crippen molar-refractivity contribution in [1.82, 2.24) is 10.2 Å². The van der Waals surface area contributed by atoms with Crippen molar-refractivity contribution in [2.45, 2.75) is 13.1 Å². The second-order valence-corrected chi connectivity index (χ2v) is 7.15. The molecule has 0 bridgehead atoms. The Hall–Kier alpha value is -2.24. The first-order chi connectivity index (χ1) is 15.2. The van der Waals surface area contributed by atoms with Crippen LogP contribution in [-0.2, 0) is 17.8 Å². The van der Waals surface area contributed by atoms with E-state index in [-0.39, 0.29) is 24.0 Å². The molecule has 8 nitrogen and oxygen atoms in total. The summed E-state index contributed by atoms with van der Waals surface area (Å²) in [4.78, 5) is 6.77. The minimum Gasteiger partial charge on any atom is -0.493 e. The van der Waals surface area contributed by atoms with Gasteiger partial charge in [0.25, 0.3) is 0 Å². The van der Waals surface area contributed by atoms with Gasteiger partial charge in [0.1, 0.15) is 12.4 Å². The fraction of sp³-hybridized carbons (Fsp3) is 0.435. The number of halogens is 1. The average Bonchev–Trinajstić information content (AvgIpc) is 2.82. The van der Waals surface area contributed by atoms with Crippen molar-refractivity contribution in [3.63, 3.8) is 0 Å². The average molecular weight is 556 g/mol. The molecule has 2 aromatic rings. The van der Waals surface area contributed by atoms with Gasteiger partial charge in [0.15, 0.2) is 17.5 Å². The number of hydrogen-bond donors (Lipinski definition) is 2. The molecule has 0 saturated carbocycles. The first-order valence-corrected chi connectivity index (χ1v) is 10.4. The summed E-state index contributed by atoms with van der Waals surface area (Å²) in [5.41, 5.74) is 8.08. The Morgan fingerprint density at radius 1 is 1.06 bits per heavy atom. The Balaban J connectivity index is 0.00000363. The number of morpholine rings is 1. The van der Waals surface area contributed by atoms with Crippen molar-refractivity contribution in [2.24, 2.45) is 10.7 Å². The van der Waals surface area contributed by atoms with E-state index in [4.69, 9.17) is 24.7 Å². The van der Waals surface area contributed by atoms with Gasteiger partial charge in [-0.2, -0.15) is 0 Å². The van der Waals surface area contributed by atoms with Gasteiger partial charge in [-0.1, -0.05) is 24.3 Å². The van der Waals surface area contributed by atoms with E-state index in [0.29, 0.717) is 37.2 Å². The van der Waals surface area contributed by atoms with Gasteiger partial charge in [0.05, 0.1) is 34.0 Å². The molecule has 0 radical (unpaired) electrons. The van der Waals surface area contributed by atoms with Crippen LogP contribution in [0.2, 0.25) is 0 Å². The van der Waals surface area contributed by atoms with Crippen molar-refractivity contribution >= 4 is 29.9 Å². The fourth-order valence-corrected chi connectivity index (χ4v) is 3.30. The summed E-state index contributed by atoms with van der Waals surface area (Å²) in [6, 6.07) is 13.7. The number of para-hydroxylation sites is 1. The zero-order valence-electron chi connectivity index (χ0n) is 18.7. The second kappa shape index (κ2) is 14.0. The van der Waals surface area contributed by atoms with Gasteiger partial charge in [-0.25, -0.2) is 4.99 Å². The van der Waals surface area contributed by atoms with Crippen LogP contribution >= 0.6 is 24.0 Å². The number of benzene rings is 2. The molecule has 1 saturated heterocycles. The van der Waals surface area contributed by atoms with Crippen molar-refractivity contribution in [1.29, 1.82) is 0 Å². The molecule has 1 fully saturated rings. The Labute approximate surface area is 207 Å². The minimum absolute atomic E-state index is 0. The lowest BCUT2D eigenvalue weighted by Crippen LogP contribution is -2.38. The van der Waals surface area contributed by atoms with Crippen LogP contribution in [0.15, 0.2) is 47.5 Å². The van der Waals surface area contributed by atoms with Gasteiger partial charge in [-0.05, 0) is 23.8 Å². The van der Waals surface area contributed by atoms with E-state index in [2.05, 4.69) is 15.2 Å². The summed E-state index contributed by atoms with van der Waals surface area (Å²) >= 11 is 0. The van der Waals surface area contributed by atoms with Gasteiger partial charge >= 0.3 is 0 Å². The predicted molar refractivity (Wildman–Crippen MR) is 136 cm³/mol. The van der Waals surface area contributed by atoms with E-state index in [0.717, 1.165) is 49.7 Å². The van der Waals surface area contributed by atoms with Crippen molar-refractivity contribution in [2.75, 3.05) is 53.7 Å². The SMILES string of the molecule is COc1ccc(CN=C(N)NCc2ccccc2OCCN2CCOCC2)cc1OC.I. The Morgan fingerprint density at radius 2 is 1.81 bits per heavy atom. The third kappa shape index (κ3) is 8.03. The molecule has 3 N–H and O–H groups in total. The van der Waals surface area contributed by atoms with Gasteiger partial charge in [-0.15, -0.1) is 24.0 Å².